The summed E-state index contributed by atoms with van der Waals surface area (Å²) in [6, 6.07) is 0. The summed E-state index contributed by atoms with van der Waals surface area (Å²) in [6.07, 6.45) is 0.535. The number of hydrogen-bond acceptors (Lipinski definition) is 4. The molecule has 13 heavy (non-hydrogen) atoms. The molecule has 0 aromatic carbocycles. The first kappa shape index (κ1) is 22.7. The highest BCUT2D eigenvalue weighted by Crippen LogP contribution is 1.96. The summed E-state index contributed by atoms with van der Waals surface area (Å²) < 4.78 is 0. The van der Waals surface area contributed by atoms with E-state index in [0.717, 1.165) is 0 Å². The van der Waals surface area contributed by atoms with Crippen LogP contribution in [0.25, 0.3) is 0 Å². The minimum atomic E-state index is -1.14. The van der Waals surface area contributed by atoms with Gasteiger partial charge in [-0.1, -0.05) is 0 Å². The predicted octanol–water partition coefficient (Wildman–Crippen LogP) is -0.779. The molecule has 82 valence electrons. The molecule has 0 amide bonds. The Labute approximate surface area is 82.9 Å². The second kappa shape index (κ2) is 13.7. The van der Waals surface area contributed by atoms with Gasteiger partial charge in [0.1, 0.15) is 0 Å². The molecule has 0 aliphatic heterocycles. The molecule has 0 heterocycles. The van der Waals surface area contributed by atoms with Gasteiger partial charge in [0.2, 0.25) is 0 Å². The number of quaternary nitrogens is 2. The molecule has 0 unspecified atom stereocenters. The molecule has 0 atom stereocenters. The van der Waals surface area contributed by atoms with Crippen molar-refractivity contribution >= 4 is 24.3 Å². The molecule has 0 aromatic heterocycles. The SMILES string of the molecule is Cl.O=C([O-])CCCCC(=O)[O-].[NH4+].[NH4+]. The Kier molecular flexibility index (Phi) is 24.0. The maximum absolute atomic E-state index is 9.77. The standard InChI is InChI=1S/C6H10O4.ClH.2H3N/c7-5(8)3-1-2-4-6(9)10;;;/h1-4H2,(H,7,8)(H,9,10);1H;2*1H3. The van der Waals surface area contributed by atoms with E-state index in [2.05, 4.69) is 0 Å². The third-order valence-corrected chi connectivity index (χ3v) is 1.01. The van der Waals surface area contributed by atoms with Crippen molar-refractivity contribution in [3.05, 3.63) is 0 Å². The fraction of sp³-hybridized carbons (Fsp3) is 0.667. The van der Waals surface area contributed by atoms with Crippen LogP contribution in [0.2, 0.25) is 0 Å². The summed E-state index contributed by atoms with van der Waals surface area (Å²) in [6.45, 7) is 0. The maximum atomic E-state index is 9.77. The number of carbonyl (C=O) groups is 2. The summed E-state index contributed by atoms with van der Waals surface area (Å²) in [5.41, 5.74) is 0. The van der Waals surface area contributed by atoms with Crippen molar-refractivity contribution in [1.82, 2.24) is 12.3 Å². The highest BCUT2D eigenvalue weighted by atomic mass is 35.5. The van der Waals surface area contributed by atoms with Crippen LogP contribution < -0.4 is 22.5 Å². The van der Waals surface area contributed by atoms with E-state index in [4.69, 9.17) is 0 Å². The van der Waals surface area contributed by atoms with Crippen molar-refractivity contribution in [1.29, 1.82) is 0 Å². The number of halogens is 1. The second-order valence-electron chi connectivity index (χ2n) is 1.95. The molecule has 0 fully saturated rings. The van der Waals surface area contributed by atoms with E-state index in [1.54, 1.807) is 0 Å². The topological polar surface area (TPSA) is 153 Å². The molecule has 0 saturated heterocycles. The number of unbranched alkanes of at least 4 members (excludes halogenated alkanes) is 1. The largest absolute Gasteiger partial charge is 0.550 e. The smallest absolute Gasteiger partial charge is 0.0414 e. The lowest BCUT2D eigenvalue weighted by atomic mass is 10.2. The van der Waals surface area contributed by atoms with Gasteiger partial charge in [-0.05, 0) is 25.7 Å². The quantitative estimate of drug-likeness (QED) is 0.579. The van der Waals surface area contributed by atoms with Gasteiger partial charge in [0.15, 0.2) is 0 Å². The average Bonchev–Trinajstić information content (AvgIpc) is 1.79. The number of hydrogen-bond donors (Lipinski definition) is 2. The third-order valence-electron chi connectivity index (χ3n) is 1.01. The van der Waals surface area contributed by atoms with Gasteiger partial charge in [0.25, 0.3) is 0 Å². The lowest BCUT2D eigenvalue weighted by Crippen LogP contribution is -2.23. The van der Waals surface area contributed by atoms with Gasteiger partial charge in [0, 0.05) is 11.9 Å². The molecule has 0 spiro atoms. The van der Waals surface area contributed by atoms with Crippen molar-refractivity contribution in [3.63, 3.8) is 0 Å². The van der Waals surface area contributed by atoms with Crippen molar-refractivity contribution in [3.8, 4) is 0 Å². The Morgan fingerprint density at radius 1 is 0.846 bits per heavy atom. The molecule has 7 heteroatoms. The van der Waals surface area contributed by atoms with Gasteiger partial charge >= 0.3 is 0 Å². The molecule has 6 nitrogen and oxygen atoms in total. The zero-order chi connectivity index (χ0) is 7.98. The van der Waals surface area contributed by atoms with E-state index in [9.17, 15) is 19.8 Å². The van der Waals surface area contributed by atoms with Crippen LogP contribution in [0.5, 0.6) is 0 Å². The van der Waals surface area contributed by atoms with Gasteiger partial charge < -0.3 is 32.1 Å². The first-order chi connectivity index (χ1) is 4.63. The highest BCUT2D eigenvalue weighted by Gasteiger charge is 1.89. The van der Waals surface area contributed by atoms with Crippen LogP contribution in [-0.4, -0.2) is 11.9 Å². The summed E-state index contributed by atoms with van der Waals surface area (Å²) >= 11 is 0. The van der Waals surface area contributed by atoms with Crippen LogP contribution in [-0.2, 0) is 9.59 Å². The molecular formula is C6H17ClN2O4. The zero-order valence-corrected chi connectivity index (χ0v) is 8.69. The summed E-state index contributed by atoms with van der Waals surface area (Å²) in [4.78, 5) is 19.5. The van der Waals surface area contributed by atoms with Gasteiger partial charge in [-0.25, -0.2) is 0 Å². The first-order valence-corrected chi connectivity index (χ1v) is 3.02. The van der Waals surface area contributed by atoms with E-state index in [1.807, 2.05) is 0 Å². The van der Waals surface area contributed by atoms with E-state index < -0.39 is 11.9 Å². The minimum absolute atomic E-state index is 0. The van der Waals surface area contributed by atoms with E-state index in [1.165, 1.54) is 0 Å². The third kappa shape index (κ3) is 24.7. The van der Waals surface area contributed by atoms with Crippen molar-refractivity contribution < 1.29 is 19.8 Å². The Morgan fingerprint density at radius 3 is 1.23 bits per heavy atom. The number of aliphatic carboxylic acids is 2. The predicted molar refractivity (Wildman–Crippen MR) is 47.7 cm³/mol. The summed E-state index contributed by atoms with van der Waals surface area (Å²) in [7, 11) is 0. The van der Waals surface area contributed by atoms with Gasteiger partial charge in [-0.3, -0.25) is 0 Å². The molecular weight excluding hydrogens is 200 g/mol. The molecule has 8 N–H and O–H groups in total. The van der Waals surface area contributed by atoms with Crippen LogP contribution >= 0.6 is 12.4 Å². The number of carboxylic acids is 2. The van der Waals surface area contributed by atoms with Crippen LogP contribution in [0.4, 0.5) is 0 Å². The van der Waals surface area contributed by atoms with Crippen molar-refractivity contribution in [2.24, 2.45) is 0 Å². The average molecular weight is 217 g/mol. The van der Waals surface area contributed by atoms with Gasteiger partial charge in [-0.15, -0.1) is 12.4 Å². The van der Waals surface area contributed by atoms with Crippen LogP contribution in [0.3, 0.4) is 0 Å². The van der Waals surface area contributed by atoms with E-state index >= 15 is 0 Å². The van der Waals surface area contributed by atoms with Crippen molar-refractivity contribution in [2.45, 2.75) is 25.7 Å². The molecule has 0 saturated carbocycles. The number of rotatable bonds is 5. The Morgan fingerprint density at radius 2 is 1.08 bits per heavy atom. The molecule has 0 aliphatic rings. The maximum Gasteiger partial charge on any atom is 0.0414 e. The fourth-order valence-corrected chi connectivity index (χ4v) is 0.539. The van der Waals surface area contributed by atoms with E-state index in [-0.39, 0.29) is 37.5 Å². The molecule has 0 aliphatic carbocycles. The number of carboxylic acid groups (broad SMARTS) is 2. The summed E-state index contributed by atoms with van der Waals surface area (Å²) in [5, 5.41) is 19.5. The van der Waals surface area contributed by atoms with Gasteiger partial charge in [0.05, 0.1) is 0 Å². The van der Waals surface area contributed by atoms with E-state index in [0.29, 0.717) is 12.8 Å². The van der Waals surface area contributed by atoms with Crippen LogP contribution in [0, 0.1) is 0 Å². The minimum Gasteiger partial charge on any atom is -0.550 e. The normalized spacial score (nSPS) is 7.08. The Balaban J connectivity index is -0.000000135. The summed E-state index contributed by atoms with van der Waals surface area (Å²) in [5.74, 6) is -2.28. The van der Waals surface area contributed by atoms with Crippen LogP contribution in [0.1, 0.15) is 25.7 Å². The molecule has 0 bridgehead atoms. The Bertz CT molecular complexity index is 127. The monoisotopic (exact) mass is 216 g/mol. The van der Waals surface area contributed by atoms with Gasteiger partial charge in [-0.2, -0.15) is 0 Å². The Hall–Kier alpha value is -0.850. The second-order valence-corrected chi connectivity index (χ2v) is 1.95. The van der Waals surface area contributed by atoms with Crippen LogP contribution in [0.15, 0.2) is 0 Å². The molecule has 0 rings (SSSR count). The molecule has 0 aromatic rings. The van der Waals surface area contributed by atoms with Crippen molar-refractivity contribution in [2.75, 3.05) is 0 Å². The molecule has 0 radical (unpaired) electrons. The first-order valence-electron chi connectivity index (χ1n) is 3.02. The lowest BCUT2D eigenvalue weighted by Gasteiger charge is -2.01. The zero-order valence-electron chi connectivity index (χ0n) is 7.87. The lowest BCUT2D eigenvalue weighted by molar-refractivity contribution is -0.308. The highest BCUT2D eigenvalue weighted by molar-refractivity contribution is 5.85. The number of carbonyl (C=O) groups excluding carboxylic acids is 2. The fourth-order valence-electron chi connectivity index (χ4n) is 0.539.